The Labute approximate surface area is 194 Å². The summed E-state index contributed by atoms with van der Waals surface area (Å²) in [6.45, 7) is 11.1. The molecule has 33 heavy (non-hydrogen) atoms. The standard InChI is InChI=1S/C20H24F3N5O3S2/c1-19(2,29)10-16-14(24-3)9-15(32-16)17-13(20(21,22)23)11-25-18(27-17)26-12-5-7-28(8-6-12)33(4,30)31/h9,11-12,29H,5-8,10H2,1-2,4H3,(H,25,26,27). The van der Waals surface area contributed by atoms with Crippen LogP contribution in [0.15, 0.2) is 12.3 Å². The van der Waals surface area contributed by atoms with Crippen molar-refractivity contribution in [3.63, 3.8) is 0 Å². The first kappa shape index (κ1) is 25.4. The Morgan fingerprint density at radius 3 is 2.48 bits per heavy atom. The number of thiophene rings is 1. The largest absolute Gasteiger partial charge is 0.420 e. The van der Waals surface area contributed by atoms with Crippen LogP contribution in [0.3, 0.4) is 0 Å². The highest BCUT2D eigenvalue weighted by atomic mass is 32.2. The van der Waals surface area contributed by atoms with Gasteiger partial charge in [0.1, 0.15) is 5.56 Å². The van der Waals surface area contributed by atoms with E-state index >= 15 is 0 Å². The van der Waals surface area contributed by atoms with Crippen LogP contribution in [0, 0.1) is 6.57 Å². The van der Waals surface area contributed by atoms with Crippen LogP contribution in [0.2, 0.25) is 0 Å². The number of nitrogens with zero attached hydrogens (tertiary/aromatic N) is 4. The number of piperidine rings is 1. The molecule has 1 saturated heterocycles. The fraction of sp³-hybridized carbons (Fsp3) is 0.550. The molecule has 1 aliphatic heterocycles. The third-order valence-electron chi connectivity index (χ3n) is 5.08. The van der Waals surface area contributed by atoms with Crippen molar-refractivity contribution in [3.05, 3.63) is 34.1 Å². The van der Waals surface area contributed by atoms with Gasteiger partial charge >= 0.3 is 6.18 Å². The third kappa shape index (κ3) is 6.41. The molecule has 0 aromatic carbocycles. The van der Waals surface area contributed by atoms with E-state index in [1.165, 1.54) is 10.4 Å². The van der Waals surface area contributed by atoms with Gasteiger partial charge in [0.05, 0.1) is 24.1 Å². The number of anilines is 1. The molecule has 13 heteroatoms. The van der Waals surface area contributed by atoms with E-state index in [-0.39, 0.29) is 34.7 Å². The Morgan fingerprint density at radius 1 is 1.33 bits per heavy atom. The minimum absolute atomic E-state index is 0.00222. The lowest BCUT2D eigenvalue weighted by molar-refractivity contribution is -0.137. The quantitative estimate of drug-likeness (QED) is 0.580. The second-order valence-corrected chi connectivity index (χ2v) is 11.7. The van der Waals surface area contributed by atoms with Gasteiger partial charge in [0.15, 0.2) is 0 Å². The number of hydrogen-bond acceptors (Lipinski definition) is 7. The lowest BCUT2D eigenvalue weighted by Gasteiger charge is -2.30. The van der Waals surface area contributed by atoms with Crippen LogP contribution in [0.4, 0.5) is 24.8 Å². The SMILES string of the molecule is [C-]#[N+]c1cc(-c2nc(NC3CCN(S(C)(=O)=O)CC3)ncc2C(F)(F)F)sc1CC(C)(C)O. The normalized spacial score (nSPS) is 16.5. The van der Waals surface area contributed by atoms with Crippen molar-refractivity contribution in [2.75, 3.05) is 24.7 Å². The summed E-state index contributed by atoms with van der Waals surface area (Å²) in [5.74, 6) is -0.00222. The van der Waals surface area contributed by atoms with Crippen molar-refractivity contribution >= 4 is 33.0 Å². The van der Waals surface area contributed by atoms with Crippen molar-refractivity contribution in [2.45, 2.75) is 50.9 Å². The summed E-state index contributed by atoms with van der Waals surface area (Å²) in [6, 6.07) is 1.16. The van der Waals surface area contributed by atoms with Crippen molar-refractivity contribution in [1.82, 2.24) is 14.3 Å². The predicted molar refractivity (Wildman–Crippen MR) is 120 cm³/mol. The zero-order valence-electron chi connectivity index (χ0n) is 18.3. The summed E-state index contributed by atoms with van der Waals surface area (Å²) >= 11 is 0.987. The average molecular weight is 504 g/mol. The summed E-state index contributed by atoms with van der Waals surface area (Å²) in [5, 5.41) is 13.1. The summed E-state index contributed by atoms with van der Waals surface area (Å²) < 4.78 is 65.7. The number of sulfonamides is 1. The molecule has 8 nitrogen and oxygen atoms in total. The number of hydrogen-bond donors (Lipinski definition) is 2. The Morgan fingerprint density at radius 2 is 1.97 bits per heavy atom. The van der Waals surface area contributed by atoms with Gasteiger partial charge in [0.2, 0.25) is 21.7 Å². The maximum absolute atomic E-state index is 13.7. The Bertz CT molecular complexity index is 1160. The highest BCUT2D eigenvalue weighted by molar-refractivity contribution is 7.88. The van der Waals surface area contributed by atoms with Crippen LogP contribution >= 0.6 is 11.3 Å². The fourth-order valence-electron chi connectivity index (χ4n) is 3.51. The van der Waals surface area contributed by atoms with E-state index in [2.05, 4.69) is 20.1 Å². The molecule has 0 atom stereocenters. The van der Waals surface area contributed by atoms with Gasteiger partial charge in [-0.25, -0.2) is 27.5 Å². The van der Waals surface area contributed by atoms with Crippen molar-refractivity contribution < 1.29 is 26.7 Å². The molecule has 3 heterocycles. The minimum Gasteiger partial charge on any atom is -0.390 e. The van der Waals surface area contributed by atoms with E-state index in [0.29, 0.717) is 37.0 Å². The number of aliphatic hydroxyl groups is 1. The van der Waals surface area contributed by atoms with Crippen LogP contribution in [-0.2, 0) is 22.6 Å². The monoisotopic (exact) mass is 503 g/mol. The number of rotatable bonds is 6. The van der Waals surface area contributed by atoms with Gasteiger partial charge in [0, 0.05) is 41.5 Å². The fourth-order valence-corrected chi connectivity index (χ4v) is 5.71. The molecule has 180 valence electrons. The summed E-state index contributed by atoms with van der Waals surface area (Å²) in [6.07, 6.45) is -1.81. The maximum atomic E-state index is 13.7. The van der Waals surface area contributed by atoms with Gasteiger partial charge in [-0.2, -0.15) is 24.5 Å². The molecule has 0 aliphatic carbocycles. The third-order valence-corrected chi connectivity index (χ3v) is 7.52. The number of aromatic nitrogens is 2. The molecule has 0 unspecified atom stereocenters. The molecule has 3 rings (SSSR count). The van der Waals surface area contributed by atoms with Gasteiger partial charge in [0.25, 0.3) is 0 Å². The molecular formula is C20H24F3N5O3S2. The van der Waals surface area contributed by atoms with Crippen LogP contribution in [0.5, 0.6) is 0 Å². The zero-order chi connectivity index (χ0) is 24.6. The van der Waals surface area contributed by atoms with E-state index in [4.69, 9.17) is 6.57 Å². The van der Waals surface area contributed by atoms with Crippen molar-refractivity contribution in [1.29, 1.82) is 0 Å². The highest BCUT2D eigenvalue weighted by Crippen LogP contribution is 2.43. The first-order chi connectivity index (χ1) is 15.2. The molecule has 1 fully saturated rings. The van der Waals surface area contributed by atoms with Crippen molar-refractivity contribution in [3.8, 4) is 10.6 Å². The van der Waals surface area contributed by atoms with E-state index in [1.807, 2.05) is 0 Å². The molecule has 0 amide bonds. The predicted octanol–water partition coefficient (Wildman–Crippen LogP) is 3.92. The van der Waals surface area contributed by atoms with E-state index in [0.717, 1.165) is 17.6 Å². The van der Waals surface area contributed by atoms with Gasteiger partial charge in [-0.3, -0.25) is 0 Å². The average Bonchev–Trinajstić information content (AvgIpc) is 3.08. The number of nitrogens with one attached hydrogen (secondary N) is 1. The summed E-state index contributed by atoms with van der Waals surface area (Å²) in [7, 11) is -3.30. The first-order valence-electron chi connectivity index (χ1n) is 10.1. The van der Waals surface area contributed by atoms with E-state index in [9.17, 15) is 26.7 Å². The van der Waals surface area contributed by atoms with Crippen LogP contribution < -0.4 is 5.32 Å². The van der Waals surface area contributed by atoms with Crippen LogP contribution in [0.1, 0.15) is 37.1 Å². The molecule has 2 aromatic rings. The highest BCUT2D eigenvalue weighted by Gasteiger charge is 2.36. The molecule has 2 N–H and O–H groups in total. The lowest BCUT2D eigenvalue weighted by atomic mass is 10.0. The number of halogens is 3. The Balaban J connectivity index is 1.92. The molecule has 0 saturated carbocycles. The Kier molecular flexibility index (Phi) is 7.05. The molecule has 1 aliphatic rings. The van der Waals surface area contributed by atoms with Gasteiger partial charge in [-0.15, -0.1) is 0 Å². The molecule has 0 radical (unpaired) electrons. The van der Waals surface area contributed by atoms with Gasteiger partial charge < -0.3 is 10.4 Å². The lowest BCUT2D eigenvalue weighted by Crippen LogP contribution is -2.42. The van der Waals surface area contributed by atoms with Crippen molar-refractivity contribution in [2.24, 2.45) is 0 Å². The molecule has 0 bridgehead atoms. The smallest absolute Gasteiger partial charge is 0.390 e. The maximum Gasteiger partial charge on any atom is 0.420 e. The summed E-state index contributed by atoms with van der Waals surface area (Å²) in [5.41, 5.74) is -2.32. The second-order valence-electron chi connectivity index (χ2n) is 8.55. The van der Waals surface area contributed by atoms with Gasteiger partial charge in [-0.1, -0.05) is 0 Å². The Hall–Kier alpha value is -2.27. The zero-order valence-corrected chi connectivity index (χ0v) is 19.9. The second kappa shape index (κ2) is 9.17. The molecular weight excluding hydrogens is 479 g/mol. The topological polar surface area (TPSA) is 99.8 Å². The van der Waals surface area contributed by atoms with E-state index in [1.54, 1.807) is 13.8 Å². The molecule has 0 spiro atoms. The summed E-state index contributed by atoms with van der Waals surface area (Å²) in [4.78, 5) is 12.0. The first-order valence-corrected chi connectivity index (χ1v) is 12.7. The van der Waals surface area contributed by atoms with Gasteiger partial charge in [-0.05, 0) is 32.8 Å². The van der Waals surface area contributed by atoms with E-state index < -0.39 is 27.4 Å². The van der Waals surface area contributed by atoms with Crippen LogP contribution in [0.25, 0.3) is 15.4 Å². The minimum atomic E-state index is -4.70. The molecule has 2 aromatic heterocycles. The number of alkyl halides is 3. The van der Waals surface area contributed by atoms with Crippen LogP contribution in [-0.4, -0.2) is 58.8 Å².